The molecule has 0 fully saturated rings. The number of rotatable bonds is 3. The van der Waals surface area contributed by atoms with Gasteiger partial charge >= 0.3 is 0 Å². The summed E-state index contributed by atoms with van der Waals surface area (Å²) in [7, 11) is 1.50. The predicted molar refractivity (Wildman–Crippen MR) is 31.4 cm³/mol. The standard InChI is InChI=1S/C6H8O2/c1-6(8-2)4-3-5-7/h3-5H,1H2,2H3/b4-3+. The number of carbonyl (C=O) groups is 1. The van der Waals surface area contributed by atoms with Gasteiger partial charge in [-0.2, -0.15) is 0 Å². The van der Waals surface area contributed by atoms with Crippen LogP contribution in [0, 0.1) is 0 Å². The minimum atomic E-state index is 0.483. The highest BCUT2D eigenvalue weighted by atomic mass is 16.5. The fourth-order valence-electron chi connectivity index (χ4n) is 0.215. The molecule has 0 aromatic heterocycles. The Morgan fingerprint density at radius 3 is 2.75 bits per heavy atom. The summed E-state index contributed by atoms with van der Waals surface area (Å²) < 4.78 is 4.61. The molecule has 2 heteroatoms. The van der Waals surface area contributed by atoms with Crippen molar-refractivity contribution in [2.75, 3.05) is 7.11 Å². The molecule has 0 aliphatic carbocycles. The zero-order valence-corrected chi connectivity index (χ0v) is 4.76. The summed E-state index contributed by atoms with van der Waals surface area (Å²) in [5, 5.41) is 0. The molecule has 0 saturated carbocycles. The second-order valence-electron chi connectivity index (χ2n) is 1.17. The van der Waals surface area contributed by atoms with Crippen LogP contribution in [0.4, 0.5) is 0 Å². The van der Waals surface area contributed by atoms with E-state index in [9.17, 15) is 4.79 Å². The van der Waals surface area contributed by atoms with E-state index in [1.54, 1.807) is 0 Å². The second kappa shape index (κ2) is 4.12. The molecular weight excluding hydrogens is 104 g/mol. The van der Waals surface area contributed by atoms with Gasteiger partial charge < -0.3 is 4.74 Å². The highest BCUT2D eigenvalue weighted by molar-refractivity contribution is 5.65. The highest BCUT2D eigenvalue weighted by Crippen LogP contribution is 1.89. The van der Waals surface area contributed by atoms with Gasteiger partial charge in [-0.25, -0.2) is 0 Å². The molecule has 0 rings (SSSR count). The van der Waals surface area contributed by atoms with Gasteiger partial charge in [0.2, 0.25) is 0 Å². The summed E-state index contributed by atoms with van der Waals surface area (Å²) in [6.07, 6.45) is 3.49. The third-order valence-corrected chi connectivity index (χ3v) is 0.623. The van der Waals surface area contributed by atoms with E-state index in [1.165, 1.54) is 19.3 Å². The Bertz CT molecular complexity index is 114. The molecule has 0 atom stereocenters. The van der Waals surface area contributed by atoms with Crippen molar-refractivity contribution in [2.45, 2.75) is 0 Å². The minimum absolute atomic E-state index is 0.483. The van der Waals surface area contributed by atoms with Gasteiger partial charge in [0.25, 0.3) is 0 Å². The maximum atomic E-state index is 9.64. The molecule has 0 aromatic rings. The van der Waals surface area contributed by atoms with Crippen LogP contribution in [0.5, 0.6) is 0 Å². The van der Waals surface area contributed by atoms with Crippen molar-refractivity contribution < 1.29 is 9.53 Å². The van der Waals surface area contributed by atoms with E-state index in [-0.39, 0.29) is 0 Å². The maximum Gasteiger partial charge on any atom is 0.142 e. The van der Waals surface area contributed by atoms with E-state index in [2.05, 4.69) is 11.3 Å². The minimum Gasteiger partial charge on any atom is -0.497 e. The zero-order chi connectivity index (χ0) is 6.41. The molecule has 0 saturated heterocycles. The normalized spacial score (nSPS) is 9.12. The fourth-order valence-corrected chi connectivity index (χ4v) is 0.215. The van der Waals surface area contributed by atoms with Crippen molar-refractivity contribution in [3.05, 3.63) is 24.5 Å². The summed E-state index contributed by atoms with van der Waals surface area (Å²) in [6, 6.07) is 0. The summed E-state index contributed by atoms with van der Waals surface area (Å²) >= 11 is 0. The lowest BCUT2D eigenvalue weighted by Crippen LogP contribution is -1.76. The number of ether oxygens (including phenoxy) is 1. The van der Waals surface area contributed by atoms with Crippen molar-refractivity contribution >= 4 is 6.29 Å². The van der Waals surface area contributed by atoms with Gasteiger partial charge in [-0.1, -0.05) is 6.58 Å². The zero-order valence-electron chi connectivity index (χ0n) is 4.76. The molecule has 0 aliphatic heterocycles. The number of methoxy groups -OCH3 is 1. The van der Waals surface area contributed by atoms with E-state index in [0.29, 0.717) is 12.0 Å². The summed E-state index contributed by atoms with van der Waals surface area (Å²) in [5.41, 5.74) is 0. The van der Waals surface area contributed by atoms with Crippen molar-refractivity contribution in [1.82, 2.24) is 0 Å². The lowest BCUT2D eigenvalue weighted by molar-refractivity contribution is -0.104. The number of hydrogen-bond donors (Lipinski definition) is 0. The molecule has 0 aliphatic rings. The van der Waals surface area contributed by atoms with Crippen LogP contribution in [0.15, 0.2) is 24.5 Å². The lowest BCUT2D eigenvalue weighted by Gasteiger charge is -1.91. The SMILES string of the molecule is C=C(/C=C/C=O)OC. The maximum absolute atomic E-state index is 9.64. The summed E-state index contributed by atoms with van der Waals surface area (Å²) in [6.45, 7) is 3.44. The van der Waals surface area contributed by atoms with Crippen LogP contribution in [-0.2, 0) is 9.53 Å². The average Bonchev–Trinajstić information content (AvgIpc) is 1.83. The fraction of sp³-hybridized carbons (Fsp3) is 0.167. The topological polar surface area (TPSA) is 26.3 Å². The molecule has 2 nitrogen and oxygen atoms in total. The number of aldehydes is 1. The molecule has 0 N–H and O–H groups in total. The van der Waals surface area contributed by atoms with E-state index in [0.717, 1.165) is 0 Å². The van der Waals surface area contributed by atoms with Gasteiger partial charge in [-0.15, -0.1) is 0 Å². The van der Waals surface area contributed by atoms with E-state index < -0.39 is 0 Å². The van der Waals surface area contributed by atoms with Crippen LogP contribution in [-0.4, -0.2) is 13.4 Å². The lowest BCUT2D eigenvalue weighted by atomic mass is 10.5. The van der Waals surface area contributed by atoms with Gasteiger partial charge in [0, 0.05) is 0 Å². The van der Waals surface area contributed by atoms with Crippen LogP contribution < -0.4 is 0 Å². The number of carbonyl (C=O) groups excluding carboxylic acids is 1. The monoisotopic (exact) mass is 112 g/mol. The molecular formula is C6H8O2. The number of hydrogen-bond acceptors (Lipinski definition) is 2. The molecule has 0 spiro atoms. The Hall–Kier alpha value is -1.05. The van der Waals surface area contributed by atoms with E-state index >= 15 is 0 Å². The van der Waals surface area contributed by atoms with Crippen LogP contribution in [0.1, 0.15) is 0 Å². The van der Waals surface area contributed by atoms with Crippen LogP contribution >= 0.6 is 0 Å². The first-order valence-corrected chi connectivity index (χ1v) is 2.16. The van der Waals surface area contributed by atoms with Gasteiger partial charge in [-0.05, 0) is 12.2 Å². The predicted octanol–water partition coefficient (Wildman–Crippen LogP) is 0.902. The second-order valence-corrected chi connectivity index (χ2v) is 1.17. The number of allylic oxidation sites excluding steroid dienone is 2. The average molecular weight is 112 g/mol. The van der Waals surface area contributed by atoms with Gasteiger partial charge in [0.15, 0.2) is 0 Å². The van der Waals surface area contributed by atoms with Crippen LogP contribution in [0.3, 0.4) is 0 Å². The van der Waals surface area contributed by atoms with Gasteiger partial charge in [0.1, 0.15) is 12.0 Å². The van der Waals surface area contributed by atoms with Crippen molar-refractivity contribution in [1.29, 1.82) is 0 Å². The van der Waals surface area contributed by atoms with Gasteiger partial charge in [-0.3, -0.25) is 4.79 Å². The molecule has 0 unspecified atom stereocenters. The molecule has 0 radical (unpaired) electrons. The van der Waals surface area contributed by atoms with E-state index in [1.807, 2.05) is 0 Å². The molecule has 0 amide bonds. The molecule has 0 bridgehead atoms. The third-order valence-electron chi connectivity index (χ3n) is 0.623. The first-order valence-electron chi connectivity index (χ1n) is 2.16. The third kappa shape index (κ3) is 3.15. The largest absolute Gasteiger partial charge is 0.497 e. The Balaban J connectivity index is 3.52. The Morgan fingerprint density at radius 2 is 2.38 bits per heavy atom. The molecule has 0 heterocycles. The Labute approximate surface area is 48.5 Å². The molecule has 44 valence electrons. The summed E-state index contributed by atoms with van der Waals surface area (Å²) in [4.78, 5) is 9.64. The Kier molecular flexibility index (Phi) is 3.58. The van der Waals surface area contributed by atoms with Crippen molar-refractivity contribution in [3.63, 3.8) is 0 Å². The highest BCUT2D eigenvalue weighted by Gasteiger charge is 1.76. The van der Waals surface area contributed by atoms with Crippen molar-refractivity contribution in [2.24, 2.45) is 0 Å². The van der Waals surface area contributed by atoms with Gasteiger partial charge in [0.05, 0.1) is 7.11 Å². The van der Waals surface area contributed by atoms with Crippen molar-refractivity contribution in [3.8, 4) is 0 Å². The first kappa shape index (κ1) is 6.95. The first-order chi connectivity index (χ1) is 3.81. The van der Waals surface area contributed by atoms with Crippen LogP contribution in [0.25, 0.3) is 0 Å². The quantitative estimate of drug-likeness (QED) is 0.235. The molecule has 0 aromatic carbocycles. The van der Waals surface area contributed by atoms with Crippen LogP contribution in [0.2, 0.25) is 0 Å². The Morgan fingerprint density at radius 1 is 1.75 bits per heavy atom. The van der Waals surface area contributed by atoms with E-state index in [4.69, 9.17) is 0 Å². The molecule has 8 heavy (non-hydrogen) atoms. The smallest absolute Gasteiger partial charge is 0.142 e. The summed E-state index contributed by atoms with van der Waals surface area (Å²) in [5.74, 6) is 0.483.